The summed E-state index contributed by atoms with van der Waals surface area (Å²) < 4.78 is 5.81. The lowest BCUT2D eigenvalue weighted by atomic mass is 10.1. The second kappa shape index (κ2) is 8.37. The number of carbonyl (C=O) groups is 1. The first-order chi connectivity index (χ1) is 13.6. The highest BCUT2D eigenvalue weighted by atomic mass is 32.2. The van der Waals surface area contributed by atoms with Crippen LogP contribution in [-0.2, 0) is 5.75 Å². The summed E-state index contributed by atoms with van der Waals surface area (Å²) in [6.07, 6.45) is 0. The number of aryl methyl sites for hydroxylation is 1. The van der Waals surface area contributed by atoms with E-state index in [0.29, 0.717) is 5.22 Å². The van der Waals surface area contributed by atoms with Gasteiger partial charge in [-0.3, -0.25) is 4.79 Å². The van der Waals surface area contributed by atoms with Crippen molar-refractivity contribution in [2.24, 2.45) is 0 Å². The van der Waals surface area contributed by atoms with Gasteiger partial charge >= 0.3 is 0 Å². The molecule has 0 N–H and O–H groups in total. The van der Waals surface area contributed by atoms with Crippen molar-refractivity contribution in [1.29, 1.82) is 0 Å². The molecule has 1 aromatic heterocycles. The zero-order chi connectivity index (χ0) is 19.5. The molecule has 28 heavy (non-hydrogen) atoms. The number of likely N-dealkylation sites (N-methyl/N-ethyl adjacent to an activating group) is 1. The molecule has 0 radical (unpaired) electrons. The monoisotopic (exact) mass is 395 g/mol. The van der Waals surface area contributed by atoms with Crippen molar-refractivity contribution in [3.05, 3.63) is 59.2 Å². The summed E-state index contributed by atoms with van der Waals surface area (Å²) in [4.78, 5) is 21.7. The van der Waals surface area contributed by atoms with Crippen molar-refractivity contribution < 1.29 is 9.21 Å². The van der Waals surface area contributed by atoms with Crippen LogP contribution in [-0.4, -0.2) is 53.4 Å². The van der Waals surface area contributed by atoms with E-state index in [9.17, 15) is 4.79 Å². The summed E-state index contributed by atoms with van der Waals surface area (Å²) in [6, 6.07) is 13.9. The number of carbonyl (C=O) groups excluding carboxylic acids is 1. The molecule has 1 amide bonds. The van der Waals surface area contributed by atoms with Gasteiger partial charge in [0.15, 0.2) is 5.58 Å². The Labute approximate surface area is 169 Å². The fourth-order valence-corrected chi connectivity index (χ4v) is 4.25. The third-order valence-electron chi connectivity index (χ3n) is 5.17. The third-order valence-corrected chi connectivity index (χ3v) is 6.07. The van der Waals surface area contributed by atoms with Crippen molar-refractivity contribution in [2.75, 3.05) is 32.7 Å². The lowest BCUT2D eigenvalue weighted by Gasteiger charge is -2.34. The number of nitrogens with zero attached hydrogens (tertiary/aromatic N) is 3. The summed E-state index contributed by atoms with van der Waals surface area (Å²) >= 11 is 1.56. The molecular weight excluding hydrogens is 370 g/mol. The molecule has 1 aliphatic heterocycles. The van der Waals surface area contributed by atoms with Gasteiger partial charge in [-0.25, -0.2) is 4.98 Å². The van der Waals surface area contributed by atoms with Gasteiger partial charge in [0.05, 0.1) is 0 Å². The molecule has 0 unspecified atom stereocenters. The zero-order valence-electron chi connectivity index (χ0n) is 16.4. The van der Waals surface area contributed by atoms with E-state index in [4.69, 9.17) is 4.42 Å². The first kappa shape index (κ1) is 19.0. The molecule has 0 atom stereocenters. The summed E-state index contributed by atoms with van der Waals surface area (Å²) in [5.74, 6) is 0.844. The van der Waals surface area contributed by atoms with Crippen LogP contribution in [0.15, 0.2) is 52.1 Å². The zero-order valence-corrected chi connectivity index (χ0v) is 17.2. The Morgan fingerprint density at radius 3 is 2.75 bits per heavy atom. The van der Waals surface area contributed by atoms with Crippen LogP contribution in [0.2, 0.25) is 0 Å². The second-order valence-corrected chi connectivity index (χ2v) is 8.09. The quantitative estimate of drug-likeness (QED) is 0.606. The molecule has 0 aliphatic carbocycles. The van der Waals surface area contributed by atoms with Crippen molar-refractivity contribution >= 4 is 28.8 Å². The number of amides is 1. The number of hydrogen-bond donors (Lipinski definition) is 0. The molecule has 1 fully saturated rings. The number of thioether (sulfide) groups is 1. The van der Waals surface area contributed by atoms with Crippen LogP contribution in [0, 0.1) is 6.92 Å². The van der Waals surface area contributed by atoms with E-state index in [1.165, 1.54) is 5.56 Å². The van der Waals surface area contributed by atoms with E-state index in [2.05, 4.69) is 16.8 Å². The maximum absolute atomic E-state index is 12.8. The Morgan fingerprint density at radius 1 is 1.14 bits per heavy atom. The standard InChI is InChI=1S/C22H25N3O2S/c1-3-24-9-11-25(12-10-24)21(26)18-6-4-5-17(14-18)15-28-22-23-19-13-16(2)7-8-20(19)27-22/h4-8,13-14H,3,9-12,15H2,1-2H3. The smallest absolute Gasteiger partial charge is 0.257 e. The second-order valence-electron chi connectivity index (χ2n) is 7.17. The van der Waals surface area contributed by atoms with E-state index in [0.717, 1.165) is 60.7 Å². The van der Waals surface area contributed by atoms with Gasteiger partial charge in [0, 0.05) is 37.5 Å². The third kappa shape index (κ3) is 4.23. The Morgan fingerprint density at radius 2 is 1.96 bits per heavy atom. The SMILES string of the molecule is CCN1CCN(C(=O)c2cccc(CSc3nc4cc(C)ccc4o3)c2)CC1. The Balaban J connectivity index is 1.41. The number of fused-ring (bicyclic) bond motifs is 1. The summed E-state index contributed by atoms with van der Waals surface area (Å²) in [7, 11) is 0. The number of rotatable bonds is 5. The van der Waals surface area contributed by atoms with E-state index in [1.807, 2.05) is 54.3 Å². The highest BCUT2D eigenvalue weighted by Crippen LogP contribution is 2.27. The fraction of sp³-hybridized carbons (Fsp3) is 0.364. The minimum absolute atomic E-state index is 0.125. The molecule has 1 aliphatic rings. The predicted octanol–water partition coefficient (Wildman–Crippen LogP) is 4.21. The number of hydrogen-bond acceptors (Lipinski definition) is 5. The van der Waals surface area contributed by atoms with Crippen LogP contribution in [0.3, 0.4) is 0 Å². The molecule has 6 heteroatoms. The molecule has 146 valence electrons. The Kier molecular flexibility index (Phi) is 5.69. The largest absolute Gasteiger partial charge is 0.431 e. The van der Waals surface area contributed by atoms with Gasteiger partial charge in [-0.05, 0) is 48.9 Å². The summed E-state index contributed by atoms with van der Waals surface area (Å²) in [5, 5.41) is 0.660. The lowest BCUT2D eigenvalue weighted by molar-refractivity contribution is 0.0643. The molecule has 0 saturated carbocycles. The Bertz CT molecular complexity index is 977. The van der Waals surface area contributed by atoms with Crippen molar-refractivity contribution in [3.63, 3.8) is 0 Å². The molecule has 1 saturated heterocycles. The van der Waals surface area contributed by atoms with E-state index in [-0.39, 0.29) is 5.91 Å². The van der Waals surface area contributed by atoms with Crippen LogP contribution < -0.4 is 0 Å². The molecule has 5 nitrogen and oxygen atoms in total. The molecule has 3 aromatic rings. The van der Waals surface area contributed by atoms with Gasteiger partial charge in [0.2, 0.25) is 0 Å². The number of oxazole rings is 1. The number of benzene rings is 2. The van der Waals surface area contributed by atoms with Crippen LogP contribution in [0.25, 0.3) is 11.1 Å². The van der Waals surface area contributed by atoms with E-state index < -0.39 is 0 Å². The van der Waals surface area contributed by atoms with E-state index >= 15 is 0 Å². The highest BCUT2D eigenvalue weighted by molar-refractivity contribution is 7.98. The van der Waals surface area contributed by atoms with Crippen molar-refractivity contribution in [1.82, 2.24) is 14.8 Å². The average Bonchev–Trinajstić information content (AvgIpc) is 3.14. The molecular formula is C22H25N3O2S. The maximum atomic E-state index is 12.8. The normalized spacial score (nSPS) is 15.3. The van der Waals surface area contributed by atoms with Crippen molar-refractivity contribution in [2.45, 2.75) is 24.8 Å². The molecule has 0 bridgehead atoms. The number of piperazine rings is 1. The van der Waals surface area contributed by atoms with E-state index in [1.54, 1.807) is 11.8 Å². The highest BCUT2D eigenvalue weighted by Gasteiger charge is 2.21. The van der Waals surface area contributed by atoms with Crippen molar-refractivity contribution in [3.8, 4) is 0 Å². The average molecular weight is 396 g/mol. The fourth-order valence-electron chi connectivity index (χ4n) is 3.47. The molecule has 2 aromatic carbocycles. The van der Waals surface area contributed by atoms with Gasteiger partial charge < -0.3 is 14.2 Å². The topological polar surface area (TPSA) is 49.6 Å². The Hall–Kier alpha value is -2.31. The van der Waals surface area contributed by atoms with Crippen LogP contribution in [0.4, 0.5) is 0 Å². The maximum Gasteiger partial charge on any atom is 0.257 e. The number of aromatic nitrogens is 1. The molecule has 2 heterocycles. The minimum atomic E-state index is 0.125. The van der Waals surface area contributed by atoms with Gasteiger partial charge in [0.25, 0.3) is 11.1 Å². The summed E-state index contributed by atoms with van der Waals surface area (Å²) in [6.45, 7) is 8.76. The first-order valence-corrected chi connectivity index (χ1v) is 10.7. The summed E-state index contributed by atoms with van der Waals surface area (Å²) in [5.41, 5.74) is 4.72. The molecule has 0 spiro atoms. The molecule has 4 rings (SSSR count). The minimum Gasteiger partial charge on any atom is -0.431 e. The van der Waals surface area contributed by atoms with Gasteiger partial charge in [-0.2, -0.15) is 0 Å². The van der Waals surface area contributed by atoms with Crippen LogP contribution in [0.1, 0.15) is 28.4 Å². The van der Waals surface area contributed by atoms with Crippen LogP contribution >= 0.6 is 11.8 Å². The predicted molar refractivity (Wildman–Crippen MR) is 113 cm³/mol. The van der Waals surface area contributed by atoms with Gasteiger partial charge in [-0.1, -0.05) is 36.9 Å². The van der Waals surface area contributed by atoms with Gasteiger partial charge in [-0.15, -0.1) is 0 Å². The van der Waals surface area contributed by atoms with Crippen LogP contribution in [0.5, 0.6) is 0 Å². The first-order valence-electron chi connectivity index (χ1n) is 9.73. The van der Waals surface area contributed by atoms with Gasteiger partial charge in [0.1, 0.15) is 5.52 Å². The lowest BCUT2D eigenvalue weighted by Crippen LogP contribution is -2.48.